The molecule has 1 saturated heterocycles. The van der Waals surface area contributed by atoms with Gasteiger partial charge >= 0.3 is 6.09 Å². The lowest BCUT2D eigenvalue weighted by Crippen LogP contribution is -2.44. The first kappa shape index (κ1) is 22.3. The Morgan fingerprint density at radius 3 is 2.93 bits per heavy atom. The summed E-state index contributed by atoms with van der Waals surface area (Å²) in [6.45, 7) is 6.68. The van der Waals surface area contributed by atoms with Gasteiger partial charge in [0.15, 0.2) is 0 Å². The molecule has 0 aliphatic carbocycles. The highest BCUT2D eigenvalue weighted by Gasteiger charge is 2.34. The van der Waals surface area contributed by atoms with Gasteiger partial charge in [-0.25, -0.2) is 9.18 Å². The first-order valence-corrected chi connectivity index (χ1v) is 9.65. The molecule has 0 saturated carbocycles. The van der Waals surface area contributed by atoms with E-state index in [1.807, 2.05) is 20.8 Å². The quantitative estimate of drug-likeness (QED) is 0.267. The van der Waals surface area contributed by atoms with Crippen LogP contribution in [0.4, 0.5) is 9.18 Å². The number of ether oxygens (including phenoxy) is 2. The molecule has 1 amide bonds. The molecule has 2 atom stereocenters. The van der Waals surface area contributed by atoms with Crippen LogP contribution in [0.2, 0.25) is 5.02 Å². The Hall–Kier alpha value is -2.02. The van der Waals surface area contributed by atoms with Crippen molar-refractivity contribution in [2.24, 2.45) is 11.0 Å². The first-order valence-electron chi connectivity index (χ1n) is 9.27. The molecule has 154 valence electrons. The average Bonchev–Trinajstić information content (AvgIpc) is 2.63. The molecular formula is C19H26ClFN4O3. The number of hydrogen-bond donors (Lipinski definition) is 0. The molecule has 1 fully saturated rings. The Morgan fingerprint density at radius 1 is 1.50 bits per heavy atom. The number of carbonyl (C=O) groups is 1. The van der Waals surface area contributed by atoms with Crippen LogP contribution in [-0.4, -0.2) is 42.8 Å². The monoisotopic (exact) mass is 412 g/mol. The molecule has 1 heterocycles. The van der Waals surface area contributed by atoms with E-state index in [0.29, 0.717) is 18.7 Å². The van der Waals surface area contributed by atoms with Gasteiger partial charge in [-0.3, -0.25) is 0 Å². The largest absolute Gasteiger partial charge is 0.444 e. The van der Waals surface area contributed by atoms with Gasteiger partial charge in [0.2, 0.25) is 0 Å². The maximum Gasteiger partial charge on any atom is 0.410 e. The van der Waals surface area contributed by atoms with E-state index in [9.17, 15) is 9.18 Å². The smallest absolute Gasteiger partial charge is 0.410 e. The van der Waals surface area contributed by atoms with Crippen LogP contribution in [-0.2, 0) is 9.47 Å². The summed E-state index contributed by atoms with van der Waals surface area (Å²) < 4.78 is 26.0. The van der Waals surface area contributed by atoms with Crippen LogP contribution < -0.4 is 0 Å². The van der Waals surface area contributed by atoms with Crippen LogP contribution in [0, 0.1) is 11.7 Å². The number of likely N-dealkylation sites (tertiary alicyclic amines) is 1. The molecule has 1 aromatic rings. The molecule has 1 aromatic carbocycles. The van der Waals surface area contributed by atoms with E-state index in [1.165, 1.54) is 6.07 Å². The zero-order valence-electron chi connectivity index (χ0n) is 16.4. The first-order chi connectivity index (χ1) is 13.2. The van der Waals surface area contributed by atoms with Gasteiger partial charge in [0.25, 0.3) is 0 Å². The van der Waals surface area contributed by atoms with E-state index in [4.69, 9.17) is 26.6 Å². The lowest BCUT2D eigenvalue weighted by atomic mass is 9.88. The summed E-state index contributed by atoms with van der Waals surface area (Å²) in [4.78, 5) is 16.8. The van der Waals surface area contributed by atoms with Crippen molar-refractivity contribution in [2.45, 2.75) is 45.3 Å². The highest BCUT2D eigenvalue weighted by Crippen LogP contribution is 2.36. The number of piperidine rings is 1. The van der Waals surface area contributed by atoms with E-state index in [1.54, 1.807) is 17.0 Å². The zero-order chi connectivity index (χ0) is 20.7. The lowest BCUT2D eigenvalue weighted by molar-refractivity contribution is -0.0245. The Kier molecular flexibility index (Phi) is 7.92. The van der Waals surface area contributed by atoms with E-state index < -0.39 is 23.6 Å². The summed E-state index contributed by atoms with van der Waals surface area (Å²) in [5.41, 5.74) is 8.18. The van der Waals surface area contributed by atoms with Gasteiger partial charge in [-0.1, -0.05) is 28.8 Å². The number of rotatable bonds is 6. The molecule has 0 radical (unpaired) electrons. The second-order valence-corrected chi connectivity index (χ2v) is 8.12. The van der Waals surface area contributed by atoms with Crippen LogP contribution in [0.25, 0.3) is 10.4 Å². The Morgan fingerprint density at radius 2 is 2.25 bits per heavy atom. The highest BCUT2D eigenvalue weighted by atomic mass is 35.5. The third-order valence-electron chi connectivity index (χ3n) is 4.38. The summed E-state index contributed by atoms with van der Waals surface area (Å²) in [5.74, 6) is -0.673. The molecule has 1 aliphatic rings. The molecule has 0 bridgehead atoms. The topological polar surface area (TPSA) is 87.5 Å². The molecule has 28 heavy (non-hydrogen) atoms. The van der Waals surface area contributed by atoms with Crippen molar-refractivity contribution in [3.8, 4) is 0 Å². The van der Waals surface area contributed by atoms with E-state index in [-0.39, 0.29) is 24.1 Å². The second-order valence-electron chi connectivity index (χ2n) is 7.72. The lowest BCUT2D eigenvalue weighted by Gasteiger charge is -2.37. The Bertz CT molecular complexity index is 734. The van der Waals surface area contributed by atoms with Crippen LogP contribution in [0.15, 0.2) is 23.3 Å². The minimum atomic E-state index is -0.613. The van der Waals surface area contributed by atoms with Gasteiger partial charge in [0.05, 0.1) is 17.7 Å². The van der Waals surface area contributed by atoms with E-state index in [2.05, 4.69) is 10.0 Å². The number of azide groups is 1. The van der Waals surface area contributed by atoms with Crippen molar-refractivity contribution in [3.63, 3.8) is 0 Å². The molecule has 7 nitrogen and oxygen atoms in total. The van der Waals surface area contributed by atoms with Crippen LogP contribution in [0.3, 0.4) is 0 Å². The number of hydrogen-bond acceptors (Lipinski definition) is 4. The molecule has 0 aromatic heterocycles. The zero-order valence-corrected chi connectivity index (χ0v) is 17.2. The summed E-state index contributed by atoms with van der Waals surface area (Å²) in [5, 5.41) is 3.47. The Balaban J connectivity index is 2.20. The molecular weight excluding hydrogens is 387 g/mol. The van der Waals surface area contributed by atoms with Crippen molar-refractivity contribution < 1.29 is 18.7 Å². The standard InChI is InChI=1S/C19H26ClFN4O3/c1-19(2,3)28-18(26)25-10-5-6-13(12-25)17(27-11-9-23-24-22)14-7-4-8-15(20)16(14)21/h4,7-8,13,17H,5-6,9-12H2,1-3H3. The molecule has 1 aliphatic heterocycles. The molecule has 2 rings (SSSR count). The second kappa shape index (κ2) is 9.96. The summed E-state index contributed by atoms with van der Waals surface area (Å²) in [6, 6.07) is 4.77. The van der Waals surface area contributed by atoms with E-state index in [0.717, 1.165) is 12.8 Å². The van der Waals surface area contributed by atoms with Crippen LogP contribution >= 0.6 is 11.6 Å². The van der Waals surface area contributed by atoms with Gasteiger partial charge in [0.1, 0.15) is 11.4 Å². The van der Waals surface area contributed by atoms with Crippen molar-refractivity contribution in [1.29, 1.82) is 0 Å². The van der Waals surface area contributed by atoms with Gasteiger partial charge < -0.3 is 14.4 Å². The fourth-order valence-electron chi connectivity index (χ4n) is 3.23. The van der Waals surface area contributed by atoms with E-state index >= 15 is 0 Å². The fourth-order valence-corrected chi connectivity index (χ4v) is 3.42. The number of benzene rings is 1. The van der Waals surface area contributed by atoms with Crippen molar-refractivity contribution >= 4 is 17.7 Å². The minimum Gasteiger partial charge on any atom is -0.444 e. The normalized spacial score (nSPS) is 18.3. The molecule has 0 spiro atoms. The van der Waals surface area contributed by atoms with Gasteiger partial charge in [0, 0.05) is 36.0 Å². The van der Waals surface area contributed by atoms with Crippen molar-refractivity contribution in [3.05, 3.63) is 45.0 Å². The third kappa shape index (κ3) is 6.26. The molecule has 9 heteroatoms. The average molecular weight is 413 g/mol. The van der Waals surface area contributed by atoms with Crippen molar-refractivity contribution in [1.82, 2.24) is 4.90 Å². The van der Waals surface area contributed by atoms with Crippen molar-refractivity contribution in [2.75, 3.05) is 26.2 Å². The number of carbonyl (C=O) groups excluding carboxylic acids is 1. The summed E-state index contributed by atoms with van der Waals surface area (Å²) in [6.07, 6.45) is 0.508. The Labute approximate surface area is 169 Å². The minimum absolute atomic E-state index is 0.0148. The maximum absolute atomic E-state index is 14.7. The molecule has 2 unspecified atom stereocenters. The van der Waals surface area contributed by atoms with Gasteiger partial charge in [-0.05, 0) is 45.2 Å². The van der Waals surface area contributed by atoms with Gasteiger partial charge in [-0.2, -0.15) is 0 Å². The maximum atomic E-state index is 14.7. The SMILES string of the molecule is CC(C)(C)OC(=O)N1CCCC(C(OCCN=[N+]=[N-])c2cccc(Cl)c2F)C1. The fraction of sp³-hybridized carbons (Fsp3) is 0.632. The number of halogens is 2. The molecule has 0 N–H and O–H groups in total. The number of nitrogens with zero attached hydrogens (tertiary/aromatic N) is 4. The summed E-state index contributed by atoms with van der Waals surface area (Å²) >= 11 is 5.95. The van der Waals surface area contributed by atoms with Gasteiger partial charge in [-0.15, -0.1) is 0 Å². The number of amides is 1. The van der Waals surface area contributed by atoms with Crippen LogP contribution in [0.5, 0.6) is 0 Å². The van der Waals surface area contributed by atoms with Crippen LogP contribution in [0.1, 0.15) is 45.3 Å². The predicted octanol–water partition coefficient (Wildman–Crippen LogP) is 5.49. The highest BCUT2D eigenvalue weighted by molar-refractivity contribution is 6.30. The summed E-state index contributed by atoms with van der Waals surface area (Å²) in [7, 11) is 0. The third-order valence-corrected chi connectivity index (χ3v) is 4.67. The predicted molar refractivity (Wildman–Crippen MR) is 105 cm³/mol.